The Hall–Kier alpha value is -2.31. The molecule has 0 unspecified atom stereocenters. The minimum atomic E-state index is -4.01. The van der Waals surface area contributed by atoms with Crippen LogP contribution in [-0.2, 0) is 28.5 Å². The van der Waals surface area contributed by atoms with Crippen molar-refractivity contribution >= 4 is 10.1 Å². The molecule has 1 aromatic heterocycles. The number of aryl methyl sites for hydroxylation is 1. The lowest BCUT2D eigenvalue weighted by atomic mass is 10.1. The largest absolute Gasteiger partial charge is 0.346 e. The third-order valence-corrected chi connectivity index (χ3v) is 6.24. The van der Waals surface area contributed by atoms with Crippen molar-refractivity contribution in [1.29, 1.82) is 0 Å². The maximum Gasteiger partial charge on any atom is 0.330 e. The maximum absolute atomic E-state index is 12.5. The van der Waals surface area contributed by atoms with E-state index in [1.54, 1.807) is 26.0 Å². The van der Waals surface area contributed by atoms with Crippen molar-refractivity contribution in [3.8, 4) is 0 Å². The summed E-state index contributed by atoms with van der Waals surface area (Å²) < 4.78 is 49.1. The molecule has 3 heterocycles. The third kappa shape index (κ3) is 3.98. The summed E-state index contributed by atoms with van der Waals surface area (Å²) >= 11 is 0. The van der Waals surface area contributed by atoms with Crippen LogP contribution in [0.1, 0.15) is 25.6 Å². The quantitative estimate of drug-likeness (QED) is 0.675. The molecule has 11 heteroatoms. The van der Waals surface area contributed by atoms with Gasteiger partial charge in [-0.25, -0.2) is 4.79 Å². The molecule has 2 saturated heterocycles. The van der Waals surface area contributed by atoms with Gasteiger partial charge >= 0.3 is 5.69 Å². The van der Waals surface area contributed by atoms with Crippen LogP contribution in [-0.4, -0.2) is 48.7 Å². The van der Waals surface area contributed by atoms with Gasteiger partial charge in [0.25, 0.3) is 15.7 Å². The van der Waals surface area contributed by atoms with Crippen LogP contribution in [0.4, 0.5) is 0 Å². The van der Waals surface area contributed by atoms with E-state index in [0.29, 0.717) is 0 Å². The topological polar surface area (TPSA) is 126 Å². The molecule has 2 fully saturated rings. The fourth-order valence-corrected chi connectivity index (χ4v) is 4.49. The number of nitrogens with one attached hydrogen (secondary N) is 1. The van der Waals surface area contributed by atoms with Crippen LogP contribution in [0.3, 0.4) is 0 Å². The molecule has 162 valence electrons. The molecule has 1 aromatic carbocycles. The molecule has 0 amide bonds. The van der Waals surface area contributed by atoms with E-state index in [4.69, 9.17) is 18.4 Å². The van der Waals surface area contributed by atoms with Crippen LogP contribution in [0, 0.1) is 6.92 Å². The van der Waals surface area contributed by atoms with Crippen LogP contribution in [0.2, 0.25) is 0 Å². The summed E-state index contributed by atoms with van der Waals surface area (Å²) in [5.74, 6) is -0.961. The number of benzene rings is 1. The highest BCUT2D eigenvalue weighted by Crippen LogP contribution is 2.42. The fraction of sp³-hybridized carbons (Fsp3) is 0.474. The number of ether oxygens (including phenoxy) is 3. The van der Waals surface area contributed by atoms with E-state index in [0.717, 1.165) is 5.56 Å². The van der Waals surface area contributed by atoms with Gasteiger partial charge in [0.15, 0.2) is 12.0 Å². The fourth-order valence-electron chi connectivity index (χ4n) is 3.57. The number of aromatic amines is 1. The van der Waals surface area contributed by atoms with E-state index >= 15 is 0 Å². The highest BCUT2D eigenvalue weighted by atomic mass is 32.2. The Kier molecular flexibility index (Phi) is 5.19. The molecule has 1 N–H and O–H groups in total. The van der Waals surface area contributed by atoms with Gasteiger partial charge in [-0.2, -0.15) is 8.42 Å². The van der Waals surface area contributed by atoms with E-state index in [-0.39, 0.29) is 11.5 Å². The summed E-state index contributed by atoms with van der Waals surface area (Å²) in [5, 5.41) is 0. The molecule has 4 rings (SSSR count). The van der Waals surface area contributed by atoms with Gasteiger partial charge in [0.2, 0.25) is 0 Å². The Labute approximate surface area is 172 Å². The number of hydrogen-bond donors (Lipinski definition) is 1. The van der Waals surface area contributed by atoms with Crippen LogP contribution >= 0.6 is 0 Å². The molecule has 0 spiro atoms. The molecule has 2 aliphatic rings. The van der Waals surface area contributed by atoms with Crippen molar-refractivity contribution in [1.82, 2.24) is 9.55 Å². The van der Waals surface area contributed by atoms with Crippen molar-refractivity contribution in [3.05, 3.63) is 62.9 Å². The number of hydrogen-bond acceptors (Lipinski definition) is 8. The first-order chi connectivity index (χ1) is 14.1. The second kappa shape index (κ2) is 7.43. The number of nitrogens with zero attached hydrogens (tertiary/aromatic N) is 1. The predicted octanol–water partition coefficient (Wildman–Crippen LogP) is 0.668. The van der Waals surface area contributed by atoms with Gasteiger partial charge in [-0.1, -0.05) is 17.7 Å². The lowest BCUT2D eigenvalue weighted by Gasteiger charge is -2.24. The Morgan fingerprint density at radius 1 is 1.10 bits per heavy atom. The van der Waals surface area contributed by atoms with Crippen molar-refractivity contribution in [3.63, 3.8) is 0 Å². The summed E-state index contributed by atoms with van der Waals surface area (Å²) in [5.41, 5.74) is -0.295. The molecule has 0 saturated carbocycles. The number of aromatic nitrogens is 2. The smallest absolute Gasteiger partial charge is 0.330 e. The van der Waals surface area contributed by atoms with Crippen LogP contribution in [0.5, 0.6) is 0 Å². The van der Waals surface area contributed by atoms with Gasteiger partial charge in [0, 0.05) is 12.3 Å². The van der Waals surface area contributed by atoms with E-state index < -0.39 is 51.7 Å². The average Bonchev–Trinajstić information content (AvgIpc) is 3.14. The van der Waals surface area contributed by atoms with Crippen LogP contribution < -0.4 is 11.2 Å². The van der Waals surface area contributed by atoms with Crippen molar-refractivity contribution in [2.24, 2.45) is 0 Å². The lowest BCUT2D eigenvalue weighted by molar-refractivity contribution is -0.199. The first-order valence-corrected chi connectivity index (χ1v) is 10.8. The van der Waals surface area contributed by atoms with E-state index in [1.165, 1.54) is 29.0 Å². The van der Waals surface area contributed by atoms with Gasteiger partial charge in [-0.3, -0.25) is 18.5 Å². The third-order valence-electron chi connectivity index (χ3n) is 4.95. The minimum absolute atomic E-state index is 0.0278. The van der Waals surface area contributed by atoms with E-state index in [9.17, 15) is 18.0 Å². The Morgan fingerprint density at radius 3 is 2.43 bits per heavy atom. The van der Waals surface area contributed by atoms with Crippen LogP contribution in [0.25, 0.3) is 0 Å². The summed E-state index contributed by atoms with van der Waals surface area (Å²) in [7, 11) is -4.01. The first-order valence-electron chi connectivity index (χ1n) is 9.34. The molecule has 0 bridgehead atoms. The van der Waals surface area contributed by atoms with Gasteiger partial charge < -0.3 is 14.2 Å². The summed E-state index contributed by atoms with van der Waals surface area (Å²) in [6.45, 7) is 4.94. The molecule has 2 aliphatic heterocycles. The zero-order valence-corrected chi connectivity index (χ0v) is 17.4. The second-order valence-corrected chi connectivity index (χ2v) is 9.31. The Balaban J connectivity index is 1.57. The number of rotatable bonds is 5. The van der Waals surface area contributed by atoms with Crippen LogP contribution in [0.15, 0.2) is 51.0 Å². The molecule has 4 atom stereocenters. The second-order valence-electron chi connectivity index (χ2n) is 7.70. The lowest BCUT2D eigenvalue weighted by Crippen LogP contribution is -2.37. The van der Waals surface area contributed by atoms with E-state index in [2.05, 4.69) is 4.98 Å². The normalized spacial score (nSPS) is 27.8. The van der Waals surface area contributed by atoms with Crippen molar-refractivity contribution < 1.29 is 26.8 Å². The predicted molar refractivity (Wildman–Crippen MR) is 103 cm³/mol. The zero-order valence-electron chi connectivity index (χ0n) is 16.6. The highest BCUT2D eigenvalue weighted by molar-refractivity contribution is 7.86. The molecular formula is C19H22N2O8S. The standard InChI is InChI=1S/C19H22N2O8S/c1-11-4-6-12(7-5-11)30(24,25)26-10-13-15-16(29-19(2,3)28-15)17(27-13)21-9-8-14(22)20-18(21)23/h4-9,13,15-17H,10H2,1-3H3,(H,20,22,23)/t13-,15-,16-,17-/m0/s1. The molecule has 0 radical (unpaired) electrons. The minimum Gasteiger partial charge on any atom is -0.346 e. The molecule has 30 heavy (non-hydrogen) atoms. The van der Waals surface area contributed by atoms with Crippen molar-refractivity contribution in [2.75, 3.05) is 6.61 Å². The first kappa shape index (κ1) is 20.9. The monoisotopic (exact) mass is 438 g/mol. The van der Waals surface area contributed by atoms with Gasteiger partial charge in [-0.05, 0) is 32.9 Å². The van der Waals surface area contributed by atoms with E-state index in [1.807, 2.05) is 6.92 Å². The molecule has 0 aliphatic carbocycles. The molecule has 2 aromatic rings. The number of fused-ring (bicyclic) bond motifs is 1. The van der Waals surface area contributed by atoms with Gasteiger partial charge in [0.1, 0.15) is 18.3 Å². The maximum atomic E-state index is 12.5. The summed E-state index contributed by atoms with van der Waals surface area (Å²) in [4.78, 5) is 25.8. The summed E-state index contributed by atoms with van der Waals surface area (Å²) in [6.07, 6.45) is -1.81. The zero-order chi connectivity index (χ0) is 21.7. The average molecular weight is 438 g/mol. The Bertz CT molecular complexity index is 1150. The Morgan fingerprint density at radius 2 is 1.77 bits per heavy atom. The summed E-state index contributed by atoms with van der Waals surface area (Å²) in [6, 6.07) is 7.46. The molecule has 10 nitrogen and oxygen atoms in total. The van der Waals surface area contributed by atoms with Crippen molar-refractivity contribution in [2.45, 2.75) is 56.0 Å². The SMILES string of the molecule is Cc1ccc(S(=O)(=O)OC[C@@H]2O[C@H](n3ccc(=O)[nH]c3=O)[C@H]3OC(C)(C)O[C@H]32)cc1. The molecular weight excluding hydrogens is 416 g/mol. The van der Waals surface area contributed by atoms with Gasteiger partial charge in [0.05, 0.1) is 11.5 Å². The number of H-pyrrole nitrogens is 1. The van der Waals surface area contributed by atoms with Gasteiger partial charge in [-0.15, -0.1) is 0 Å². The highest BCUT2D eigenvalue weighted by Gasteiger charge is 2.56.